The summed E-state index contributed by atoms with van der Waals surface area (Å²) < 4.78 is 20.9. The zero-order chi connectivity index (χ0) is 13.6. The summed E-state index contributed by atoms with van der Waals surface area (Å²) >= 11 is 0. The minimum Gasteiger partial charge on any atom is -0.394 e. The van der Waals surface area contributed by atoms with Crippen LogP contribution in [0.25, 0.3) is 0 Å². The van der Waals surface area contributed by atoms with E-state index in [1.807, 2.05) is 13.0 Å². The highest BCUT2D eigenvalue weighted by atomic mass is 16.6. The van der Waals surface area contributed by atoms with Gasteiger partial charge >= 0.3 is 0 Å². The molecule has 0 aliphatic carbocycles. The van der Waals surface area contributed by atoms with E-state index >= 15 is 0 Å². The highest BCUT2D eigenvalue weighted by Crippen LogP contribution is 1.99. The molecule has 2 atom stereocenters. The molecule has 0 heterocycles. The highest BCUT2D eigenvalue weighted by Gasteiger charge is 2.13. The van der Waals surface area contributed by atoms with E-state index < -0.39 is 0 Å². The fourth-order valence-corrected chi connectivity index (χ4v) is 1.18. The fourth-order valence-electron chi connectivity index (χ4n) is 1.18. The van der Waals surface area contributed by atoms with Crippen molar-refractivity contribution in [2.24, 2.45) is 0 Å². The summed E-state index contributed by atoms with van der Waals surface area (Å²) in [7, 11) is 1.55. The van der Waals surface area contributed by atoms with Crippen LogP contribution in [-0.2, 0) is 18.9 Å². The number of ether oxygens (including phenoxy) is 4. The predicted molar refractivity (Wildman–Crippen MR) is 126 cm³/mol. The van der Waals surface area contributed by atoms with Crippen LogP contribution in [-0.4, -0.2) is 64.1 Å². The van der Waals surface area contributed by atoms with E-state index in [-0.39, 0.29) is 98.9 Å². The minimum absolute atomic E-state index is 0. The number of hydrogen-bond acceptors (Lipinski definition) is 6. The van der Waals surface area contributed by atoms with Crippen molar-refractivity contribution in [1.82, 2.24) is 0 Å². The maximum absolute atomic E-state index is 9.10. The van der Waals surface area contributed by atoms with E-state index in [9.17, 15) is 0 Å². The summed E-state index contributed by atoms with van der Waals surface area (Å²) in [6.07, 6.45) is 0.324. The van der Waals surface area contributed by atoms with Crippen LogP contribution < -0.4 is 0 Å². The lowest BCUT2D eigenvalue weighted by atomic mass is 10.3. The lowest BCUT2D eigenvalue weighted by molar-refractivity contribution is -0.0904. The van der Waals surface area contributed by atoms with E-state index in [0.29, 0.717) is 19.8 Å². The van der Waals surface area contributed by atoms with Gasteiger partial charge in [0, 0.05) is 13.7 Å². The van der Waals surface area contributed by atoms with Gasteiger partial charge < -0.3 is 24.1 Å². The molecular formula is C21H59NO5. The Hall–Kier alpha value is -0.710. The third-order valence-electron chi connectivity index (χ3n) is 2.18. The number of hydrogen-bond donors (Lipinski definition) is 1. The number of aliphatic hydroxyl groups excluding tert-OH is 1. The zero-order valence-electron chi connectivity index (χ0n) is 11.1. The van der Waals surface area contributed by atoms with E-state index in [4.69, 9.17) is 29.3 Å². The second-order valence-electron chi connectivity index (χ2n) is 3.74. The first kappa shape index (κ1) is 63.4. The van der Waals surface area contributed by atoms with Gasteiger partial charge in [-0.1, -0.05) is 73.8 Å². The molecule has 0 aliphatic heterocycles. The van der Waals surface area contributed by atoms with Crippen LogP contribution in [0.15, 0.2) is 0 Å². The Labute approximate surface area is 175 Å². The Morgan fingerprint density at radius 2 is 1.30 bits per heavy atom. The van der Waals surface area contributed by atoms with Gasteiger partial charge in [0.1, 0.15) is 18.8 Å². The van der Waals surface area contributed by atoms with Gasteiger partial charge in [0.15, 0.2) is 0 Å². The predicted octanol–water partition coefficient (Wildman–Crippen LogP) is 6.07. The van der Waals surface area contributed by atoms with Crippen molar-refractivity contribution in [2.45, 2.75) is 92.4 Å². The second-order valence-corrected chi connectivity index (χ2v) is 3.74. The molecule has 0 radical (unpaired) electrons. The summed E-state index contributed by atoms with van der Waals surface area (Å²) in [5.74, 6) is 0. The first-order valence-corrected chi connectivity index (χ1v) is 6.06. The van der Waals surface area contributed by atoms with Gasteiger partial charge in [0.25, 0.3) is 0 Å². The Balaban J connectivity index is -0.0000000401. The Bertz CT molecular complexity index is 223. The Morgan fingerprint density at radius 3 is 1.67 bits per heavy atom. The van der Waals surface area contributed by atoms with Crippen molar-refractivity contribution >= 4 is 0 Å². The average Bonchev–Trinajstić information content (AvgIpc) is 2.40. The largest absolute Gasteiger partial charge is 0.394 e. The number of nitrogens with zero attached hydrogens (tertiary/aromatic N) is 1. The van der Waals surface area contributed by atoms with Crippen molar-refractivity contribution in [3.8, 4) is 6.07 Å². The van der Waals surface area contributed by atoms with E-state index in [1.54, 1.807) is 7.11 Å². The molecular weight excluding hydrogens is 346 g/mol. The lowest BCUT2D eigenvalue weighted by Gasteiger charge is -2.20. The van der Waals surface area contributed by atoms with Gasteiger partial charge in [-0.3, -0.25) is 0 Å². The monoisotopic (exact) mass is 405 g/mol. The quantitative estimate of drug-likeness (QED) is 0.397. The highest BCUT2D eigenvalue weighted by molar-refractivity contribution is 4.67. The molecule has 178 valence electrons. The molecule has 0 aromatic rings. The summed E-state index contributed by atoms with van der Waals surface area (Å²) in [6, 6.07) is 1.88. The van der Waals surface area contributed by atoms with Crippen LogP contribution in [0.5, 0.6) is 0 Å². The number of rotatable bonds is 12. The molecule has 0 aliphatic rings. The number of methoxy groups -OCH3 is 1. The van der Waals surface area contributed by atoms with Crippen LogP contribution in [0.2, 0.25) is 0 Å². The standard InChI is InChI=1S/C12H23NO5.9CH4/c1-3-5-16-8-11(7-14)18-10-12(15-2)9-17-6-4-13;;;;;;;;;/h11-12,14H,3,5-10H2,1-2H3;9*1H4. The lowest BCUT2D eigenvalue weighted by Crippen LogP contribution is -2.31. The van der Waals surface area contributed by atoms with Crippen LogP contribution in [0, 0.1) is 11.3 Å². The molecule has 0 rings (SSSR count). The van der Waals surface area contributed by atoms with Crippen molar-refractivity contribution in [3.05, 3.63) is 0 Å². The van der Waals surface area contributed by atoms with E-state index in [2.05, 4.69) is 0 Å². The van der Waals surface area contributed by atoms with E-state index in [1.165, 1.54) is 0 Å². The van der Waals surface area contributed by atoms with Gasteiger partial charge in [0.05, 0.1) is 32.5 Å². The van der Waals surface area contributed by atoms with Gasteiger partial charge in [-0.25, -0.2) is 0 Å². The van der Waals surface area contributed by atoms with Crippen molar-refractivity contribution < 1.29 is 24.1 Å². The summed E-state index contributed by atoms with van der Waals surface area (Å²) in [6.45, 7) is 3.55. The fraction of sp³-hybridized carbons (Fsp3) is 0.952. The molecule has 0 aromatic heterocycles. The molecule has 6 nitrogen and oxygen atoms in total. The molecule has 0 spiro atoms. The second kappa shape index (κ2) is 49.9. The van der Waals surface area contributed by atoms with Gasteiger partial charge in [-0.05, 0) is 6.42 Å². The molecule has 27 heavy (non-hydrogen) atoms. The van der Waals surface area contributed by atoms with Crippen LogP contribution in [0.4, 0.5) is 0 Å². The topological polar surface area (TPSA) is 80.9 Å². The first-order chi connectivity index (χ1) is 8.78. The smallest absolute Gasteiger partial charge is 0.133 e. The van der Waals surface area contributed by atoms with Crippen LogP contribution >= 0.6 is 0 Å². The average molecular weight is 406 g/mol. The molecule has 0 aromatic carbocycles. The molecule has 0 bridgehead atoms. The number of nitriles is 1. The molecule has 0 fully saturated rings. The van der Waals surface area contributed by atoms with Crippen molar-refractivity contribution in [2.75, 3.05) is 46.8 Å². The van der Waals surface area contributed by atoms with Gasteiger partial charge in [0.2, 0.25) is 0 Å². The third kappa shape index (κ3) is 41.0. The van der Waals surface area contributed by atoms with Gasteiger partial charge in [-0.2, -0.15) is 5.26 Å². The number of aliphatic hydroxyl groups is 1. The normalized spacial score (nSPS) is 9.41. The van der Waals surface area contributed by atoms with Crippen molar-refractivity contribution in [3.63, 3.8) is 0 Å². The molecule has 0 saturated heterocycles. The Kier molecular flexibility index (Phi) is 117. The molecule has 0 amide bonds. The van der Waals surface area contributed by atoms with Crippen LogP contribution in [0.1, 0.15) is 80.2 Å². The minimum atomic E-state index is -0.356. The zero-order valence-corrected chi connectivity index (χ0v) is 11.1. The third-order valence-corrected chi connectivity index (χ3v) is 2.18. The van der Waals surface area contributed by atoms with Gasteiger partial charge in [-0.15, -0.1) is 0 Å². The van der Waals surface area contributed by atoms with Crippen molar-refractivity contribution in [1.29, 1.82) is 5.26 Å². The maximum atomic E-state index is 9.10. The Morgan fingerprint density at radius 1 is 0.815 bits per heavy atom. The maximum Gasteiger partial charge on any atom is 0.133 e. The molecule has 6 heteroatoms. The van der Waals surface area contributed by atoms with E-state index in [0.717, 1.165) is 6.42 Å². The van der Waals surface area contributed by atoms with Crippen LogP contribution in [0.3, 0.4) is 0 Å². The summed E-state index contributed by atoms with van der Waals surface area (Å²) in [4.78, 5) is 0. The molecule has 2 unspecified atom stereocenters. The molecule has 1 N–H and O–H groups in total. The molecule has 0 saturated carbocycles. The summed E-state index contributed by atoms with van der Waals surface area (Å²) in [5.41, 5.74) is 0. The summed E-state index contributed by atoms with van der Waals surface area (Å²) in [5, 5.41) is 17.4. The first-order valence-electron chi connectivity index (χ1n) is 6.06. The SMILES string of the molecule is C.C.C.C.C.C.C.C.C.CCCOCC(CO)OCC(COCC#N)OC.